The molecule has 0 saturated carbocycles. The zero-order chi connectivity index (χ0) is 20.2. The first-order chi connectivity index (χ1) is 12.5. The fourth-order valence-corrected chi connectivity index (χ4v) is 2.87. The smallest absolute Gasteiger partial charge is 0.416 e. The van der Waals surface area contributed by atoms with E-state index in [1.54, 1.807) is 20.8 Å². The Morgan fingerprint density at radius 1 is 1.11 bits per heavy atom. The van der Waals surface area contributed by atoms with E-state index >= 15 is 0 Å². The van der Waals surface area contributed by atoms with Crippen LogP contribution in [0.5, 0.6) is 5.75 Å². The molecule has 3 N–H and O–H groups in total. The molecule has 0 bridgehead atoms. The number of nitrogens with two attached hydrogens (primary N) is 1. The lowest BCUT2D eigenvalue weighted by Crippen LogP contribution is -2.43. The maximum atomic E-state index is 13.2. The van der Waals surface area contributed by atoms with Gasteiger partial charge in [-0.1, -0.05) is 30.3 Å². The van der Waals surface area contributed by atoms with E-state index in [-0.39, 0.29) is 17.9 Å². The van der Waals surface area contributed by atoms with Crippen LogP contribution in [0.3, 0.4) is 0 Å². The molecule has 8 heteroatoms. The van der Waals surface area contributed by atoms with Gasteiger partial charge in [0.05, 0.1) is 5.56 Å². The van der Waals surface area contributed by atoms with Gasteiger partial charge in [0.25, 0.3) is 0 Å². The lowest BCUT2D eigenvalue weighted by Gasteiger charge is -2.26. The molecule has 27 heavy (non-hydrogen) atoms. The molecule has 0 aliphatic heterocycles. The lowest BCUT2D eigenvalue weighted by molar-refractivity contribution is -0.137. The van der Waals surface area contributed by atoms with Crippen LogP contribution in [0.2, 0.25) is 0 Å². The van der Waals surface area contributed by atoms with Crippen LogP contribution in [0.4, 0.5) is 13.2 Å². The van der Waals surface area contributed by atoms with Crippen molar-refractivity contribution < 1.29 is 22.5 Å². The Morgan fingerprint density at radius 2 is 1.74 bits per heavy atom. The van der Waals surface area contributed by atoms with Crippen LogP contribution in [0.1, 0.15) is 43.6 Å². The zero-order valence-electron chi connectivity index (χ0n) is 15.3. The quantitative estimate of drug-likeness (QED) is 0.560. The number of rotatable bonds is 6. The lowest BCUT2D eigenvalue weighted by atomic mass is 10.1. The summed E-state index contributed by atoms with van der Waals surface area (Å²) in [6.45, 7) is 5.34. The molecule has 0 amide bonds. The first-order valence-electron chi connectivity index (χ1n) is 8.29. The number of hydrogen-bond donors (Lipinski definition) is 2. The van der Waals surface area contributed by atoms with E-state index < -0.39 is 34.0 Å². The SMILES string of the molecule is CC(C)(C)[S+]([O-])N[C@H](N)c1cc(OCc2ccccc2)cc(C(F)(F)F)c1. The van der Waals surface area contributed by atoms with E-state index in [0.717, 1.165) is 17.7 Å². The van der Waals surface area contributed by atoms with Crippen molar-refractivity contribution in [1.82, 2.24) is 4.72 Å². The summed E-state index contributed by atoms with van der Waals surface area (Å²) >= 11 is -1.53. The van der Waals surface area contributed by atoms with Crippen molar-refractivity contribution in [3.63, 3.8) is 0 Å². The molecule has 0 radical (unpaired) electrons. The van der Waals surface area contributed by atoms with Gasteiger partial charge in [0.15, 0.2) is 0 Å². The minimum atomic E-state index is -4.55. The zero-order valence-corrected chi connectivity index (χ0v) is 16.2. The third kappa shape index (κ3) is 6.42. The van der Waals surface area contributed by atoms with Gasteiger partial charge >= 0.3 is 6.18 Å². The number of halogens is 3. The normalized spacial score (nSPS) is 14.7. The second-order valence-electron chi connectivity index (χ2n) is 7.04. The van der Waals surface area contributed by atoms with Crippen LogP contribution in [-0.2, 0) is 24.1 Å². The molecule has 2 atom stereocenters. The summed E-state index contributed by atoms with van der Waals surface area (Å²) in [6.07, 6.45) is -5.59. The van der Waals surface area contributed by atoms with Crippen LogP contribution in [0.15, 0.2) is 48.5 Å². The van der Waals surface area contributed by atoms with Gasteiger partial charge in [0, 0.05) is 11.4 Å². The number of alkyl halides is 3. The number of hydrogen-bond acceptors (Lipinski definition) is 4. The molecule has 0 spiro atoms. The minimum Gasteiger partial charge on any atom is -0.598 e. The van der Waals surface area contributed by atoms with Gasteiger partial charge in [-0.05, 0) is 50.1 Å². The molecular weight excluding hydrogens is 377 g/mol. The van der Waals surface area contributed by atoms with Gasteiger partial charge < -0.3 is 15.0 Å². The highest BCUT2D eigenvalue weighted by atomic mass is 32.2. The molecule has 1 unspecified atom stereocenters. The Morgan fingerprint density at radius 3 is 2.30 bits per heavy atom. The summed E-state index contributed by atoms with van der Waals surface area (Å²) in [6, 6.07) is 12.4. The van der Waals surface area contributed by atoms with E-state index in [9.17, 15) is 17.7 Å². The summed E-state index contributed by atoms with van der Waals surface area (Å²) in [7, 11) is 0. The van der Waals surface area contributed by atoms with Crippen LogP contribution in [0, 0.1) is 0 Å². The van der Waals surface area contributed by atoms with Crippen LogP contribution in [-0.4, -0.2) is 9.30 Å². The summed E-state index contributed by atoms with van der Waals surface area (Å²) in [4.78, 5) is 0. The van der Waals surface area contributed by atoms with E-state index in [0.29, 0.717) is 0 Å². The average Bonchev–Trinajstić information content (AvgIpc) is 2.59. The molecule has 148 valence electrons. The maximum Gasteiger partial charge on any atom is 0.416 e. The van der Waals surface area contributed by atoms with Crippen molar-refractivity contribution in [2.24, 2.45) is 5.73 Å². The Labute approximate surface area is 160 Å². The second kappa shape index (κ2) is 8.52. The molecule has 0 aliphatic carbocycles. The molecule has 4 nitrogen and oxygen atoms in total. The Kier molecular flexibility index (Phi) is 6.80. The first-order valence-corrected chi connectivity index (χ1v) is 9.44. The second-order valence-corrected chi connectivity index (χ2v) is 9.04. The number of benzene rings is 2. The van der Waals surface area contributed by atoms with Crippen LogP contribution in [0.25, 0.3) is 0 Å². The van der Waals surface area contributed by atoms with Crippen molar-refractivity contribution >= 4 is 11.4 Å². The predicted molar refractivity (Wildman–Crippen MR) is 100 cm³/mol. The highest BCUT2D eigenvalue weighted by molar-refractivity contribution is 7.90. The van der Waals surface area contributed by atoms with E-state index in [1.165, 1.54) is 6.07 Å². The van der Waals surface area contributed by atoms with E-state index in [4.69, 9.17) is 10.5 Å². The van der Waals surface area contributed by atoms with Crippen molar-refractivity contribution in [3.05, 3.63) is 65.2 Å². The molecule has 2 rings (SSSR count). The molecular formula is C19H23F3N2O2S. The summed E-state index contributed by atoms with van der Waals surface area (Å²) in [5.74, 6) is 0.0440. The first kappa shape index (κ1) is 21.6. The van der Waals surface area contributed by atoms with Gasteiger partial charge in [-0.15, -0.1) is 4.72 Å². The van der Waals surface area contributed by atoms with Gasteiger partial charge in [-0.2, -0.15) is 13.2 Å². The van der Waals surface area contributed by atoms with Gasteiger partial charge in [-0.25, -0.2) is 0 Å². The van der Waals surface area contributed by atoms with Crippen LogP contribution >= 0.6 is 0 Å². The molecule has 0 fully saturated rings. The van der Waals surface area contributed by atoms with Gasteiger partial charge in [0.2, 0.25) is 0 Å². The molecule has 2 aromatic rings. The molecule has 0 saturated heterocycles. The number of ether oxygens (including phenoxy) is 1. The standard InChI is InChI=1S/C19H23F3N2O2S/c1-18(2,3)27(25)24-17(23)14-9-15(19(20,21)22)11-16(10-14)26-12-13-7-5-4-6-8-13/h4-11,17,24H,12,23H2,1-3H3/t17-,27?/m0/s1. The highest BCUT2D eigenvalue weighted by Crippen LogP contribution is 2.34. The van der Waals surface area contributed by atoms with Crippen molar-refractivity contribution in [1.29, 1.82) is 0 Å². The third-order valence-electron chi connectivity index (χ3n) is 3.65. The number of nitrogens with one attached hydrogen (secondary N) is 1. The third-order valence-corrected chi connectivity index (χ3v) is 5.23. The minimum absolute atomic E-state index is 0.0440. The Bertz CT molecular complexity index is 749. The van der Waals surface area contributed by atoms with Gasteiger partial charge in [0.1, 0.15) is 23.3 Å². The fraction of sp³-hybridized carbons (Fsp3) is 0.368. The average molecular weight is 400 g/mol. The van der Waals surface area contributed by atoms with E-state index in [2.05, 4.69) is 4.72 Å². The summed E-state index contributed by atoms with van der Waals surface area (Å²) in [5.41, 5.74) is 6.05. The van der Waals surface area contributed by atoms with Crippen molar-refractivity contribution in [2.45, 2.75) is 44.5 Å². The van der Waals surface area contributed by atoms with Crippen molar-refractivity contribution in [3.8, 4) is 5.75 Å². The summed E-state index contributed by atoms with van der Waals surface area (Å²) < 4.78 is 59.5. The maximum absolute atomic E-state index is 13.2. The van der Waals surface area contributed by atoms with Gasteiger partial charge in [-0.3, -0.25) is 0 Å². The highest BCUT2D eigenvalue weighted by Gasteiger charge is 2.33. The van der Waals surface area contributed by atoms with E-state index in [1.807, 2.05) is 30.3 Å². The summed E-state index contributed by atoms with van der Waals surface area (Å²) in [5, 5.41) is 0. The Balaban J connectivity index is 2.25. The molecule has 0 heterocycles. The molecule has 2 aromatic carbocycles. The molecule has 0 aromatic heterocycles. The Hall–Kier alpha value is -1.74. The van der Waals surface area contributed by atoms with Crippen LogP contribution < -0.4 is 15.2 Å². The van der Waals surface area contributed by atoms with Crippen molar-refractivity contribution in [2.75, 3.05) is 0 Å². The fourth-order valence-electron chi connectivity index (χ4n) is 2.15. The largest absolute Gasteiger partial charge is 0.598 e. The molecule has 0 aliphatic rings. The predicted octanol–water partition coefficient (Wildman–Crippen LogP) is 4.29. The monoisotopic (exact) mass is 400 g/mol. The topological polar surface area (TPSA) is 70.3 Å².